The Morgan fingerprint density at radius 3 is 2.80 bits per heavy atom. The number of benzene rings is 1. The summed E-state index contributed by atoms with van der Waals surface area (Å²) in [5.74, 6) is 0.656. The van der Waals surface area contributed by atoms with E-state index < -0.39 is 0 Å². The van der Waals surface area contributed by atoms with Gasteiger partial charge in [-0.15, -0.1) is 0 Å². The number of pyridine rings is 1. The number of nitrogens with zero attached hydrogens (tertiary/aromatic N) is 2. The first-order valence-corrected chi connectivity index (χ1v) is 6.55. The van der Waals surface area contributed by atoms with E-state index in [0.29, 0.717) is 12.1 Å². The summed E-state index contributed by atoms with van der Waals surface area (Å²) >= 11 is 0. The third-order valence-corrected chi connectivity index (χ3v) is 3.61. The Balaban J connectivity index is 1.92. The van der Waals surface area contributed by atoms with Crippen LogP contribution >= 0.6 is 0 Å². The number of carbonyl (C=O) groups is 1. The van der Waals surface area contributed by atoms with Gasteiger partial charge in [-0.3, -0.25) is 0 Å². The molecule has 1 aromatic carbocycles. The van der Waals surface area contributed by atoms with Crippen LogP contribution in [0.25, 0.3) is 0 Å². The lowest BCUT2D eigenvalue weighted by Gasteiger charge is -2.16. The molecule has 4 heteroatoms. The van der Waals surface area contributed by atoms with E-state index in [1.54, 1.807) is 0 Å². The van der Waals surface area contributed by atoms with Crippen LogP contribution in [0, 0.1) is 6.92 Å². The third-order valence-electron chi connectivity index (χ3n) is 3.61. The molecule has 1 aliphatic rings. The smallest absolute Gasteiger partial charge is 0.338 e. The van der Waals surface area contributed by atoms with Gasteiger partial charge in [-0.2, -0.15) is 0 Å². The van der Waals surface area contributed by atoms with Gasteiger partial charge in [0, 0.05) is 19.3 Å². The molecule has 2 aromatic rings. The number of rotatable bonds is 2. The van der Waals surface area contributed by atoms with E-state index in [1.165, 1.54) is 7.11 Å². The summed E-state index contributed by atoms with van der Waals surface area (Å²) in [6, 6.07) is 9.83. The average Bonchev–Trinajstić information content (AvgIpc) is 2.91. The molecule has 0 atom stereocenters. The lowest BCUT2D eigenvalue weighted by molar-refractivity contribution is 0.0599. The number of aromatic nitrogens is 1. The summed E-state index contributed by atoms with van der Waals surface area (Å²) in [5.41, 5.74) is 4.00. The fourth-order valence-corrected chi connectivity index (χ4v) is 2.53. The van der Waals surface area contributed by atoms with Crippen molar-refractivity contribution in [2.24, 2.45) is 0 Å². The van der Waals surface area contributed by atoms with Crippen molar-refractivity contribution >= 4 is 11.8 Å². The molecule has 4 nitrogen and oxygen atoms in total. The van der Waals surface area contributed by atoms with Crippen LogP contribution in [0.5, 0.6) is 0 Å². The second-order valence-electron chi connectivity index (χ2n) is 4.98. The summed E-state index contributed by atoms with van der Waals surface area (Å²) < 4.78 is 4.85. The summed E-state index contributed by atoms with van der Waals surface area (Å²) in [6.45, 7) is 3.48. The van der Waals surface area contributed by atoms with Crippen LogP contribution < -0.4 is 4.90 Å². The maximum absolute atomic E-state index is 11.8. The predicted octanol–water partition coefficient (Wildman–Crippen LogP) is 2.70. The maximum Gasteiger partial charge on any atom is 0.338 e. The van der Waals surface area contributed by atoms with E-state index >= 15 is 0 Å². The molecule has 0 fully saturated rings. The first-order valence-electron chi connectivity index (χ1n) is 6.55. The normalized spacial score (nSPS) is 13.2. The molecule has 0 unspecified atom stereocenters. The molecule has 2 heterocycles. The minimum atomic E-state index is -0.277. The number of hydrogen-bond acceptors (Lipinski definition) is 4. The SMILES string of the molecule is COC(=O)c1cccc2c1CN(c1ccc(C)cn1)C2. The Morgan fingerprint density at radius 1 is 1.25 bits per heavy atom. The van der Waals surface area contributed by atoms with Crippen LogP contribution in [0.2, 0.25) is 0 Å². The monoisotopic (exact) mass is 268 g/mol. The lowest BCUT2D eigenvalue weighted by atomic mass is 10.0. The average molecular weight is 268 g/mol. The van der Waals surface area contributed by atoms with E-state index in [4.69, 9.17) is 4.74 Å². The fraction of sp³-hybridized carbons (Fsp3) is 0.250. The van der Waals surface area contributed by atoms with Crippen LogP contribution in [0.3, 0.4) is 0 Å². The van der Waals surface area contributed by atoms with Crippen LogP contribution in [0.4, 0.5) is 5.82 Å². The largest absolute Gasteiger partial charge is 0.465 e. The van der Waals surface area contributed by atoms with Gasteiger partial charge >= 0.3 is 5.97 Å². The Bertz CT molecular complexity index is 650. The van der Waals surface area contributed by atoms with Crippen molar-refractivity contribution in [2.45, 2.75) is 20.0 Å². The molecule has 102 valence electrons. The minimum Gasteiger partial charge on any atom is -0.465 e. The van der Waals surface area contributed by atoms with Gasteiger partial charge in [0.1, 0.15) is 5.82 Å². The zero-order valence-corrected chi connectivity index (χ0v) is 11.6. The molecule has 1 aromatic heterocycles. The minimum absolute atomic E-state index is 0.277. The zero-order chi connectivity index (χ0) is 14.1. The number of ether oxygens (including phenoxy) is 1. The summed E-state index contributed by atoms with van der Waals surface area (Å²) in [6.07, 6.45) is 1.86. The molecule has 3 rings (SSSR count). The Kier molecular flexibility index (Phi) is 3.14. The number of carbonyl (C=O) groups excluding carboxylic acids is 1. The van der Waals surface area contributed by atoms with Gasteiger partial charge in [-0.25, -0.2) is 9.78 Å². The molecule has 0 amide bonds. The highest BCUT2D eigenvalue weighted by molar-refractivity contribution is 5.91. The van der Waals surface area contributed by atoms with Gasteiger partial charge in [0.05, 0.1) is 12.7 Å². The summed E-state index contributed by atoms with van der Waals surface area (Å²) in [5, 5.41) is 0. The Morgan fingerprint density at radius 2 is 2.10 bits per heavy atom. The van der Waals surface area contributed by atoms with Crippen molar-refractivity contribution in [1.29, 1.82) is 0 Å². The Labute approximate surface area is 118 Å². The van der Waals surface area contributed by atoms with Crippen molar-refractivity contribution in [3.05, 3.63) is 58.8 Å². The number of anilines is 1. The molecule has 0 N–H and O–H groups in total. The molecular formula is C16H16N2O2. The molecule has 0 saturated carbocycles. The number of esters is 1. The molecule has 0 saturated heterocycles. The molecule has 0 radical (unpaired) electrons. The zero-order valence-electron chi connectivity index (χ0n) is 11.6. The van der Waals surface area contributed by atoms with Crippen molar-refractivity contribution in [3.63, 3.8) is 0 Å². The van der Waals surface area contributed by atoms with Crippen molar-refractivity contribution in [1.82, 2.24) is 4.98 Å². The summed E-state index contributed by atoms with van der Waals surface area (Å²) in [4.78, 5) is 18.4. The molecule has 0 spiro atoms. The quantitative estimate of drug-likeness (QED) is 0.785. The van der Waals surface area contributed by atoms with E-state index in [1.807, 2.05) is 37.4 Å². The molecule has 0 bridgehead atoms. The highest BCUT2D eigenvalue weighted by Crippen LogP contribution is 2.29. The highest BCUT2D eigenvalue weighted by atomic mass is 16.5. The van der Waals surface area contributed by atoms with E-state index in [9.17, 15) is 4.79 Å². The predicted molar refractivity (Wildman–Crippen MR) is 76.6 cm³/mol. The number of hydrogen-bond donors (Lipinski definition) is 0. The van der Waals surface area contributed by atoms with Crippen LogP contribution in [0.1, 0.15) is 27.0 Å². The number of aryl methyl sites for hydroxylation is 1. The van der Waals surface area contributed by atoms with Gasteiger partial charge < -0.3 is 9.64 Å². The highest BCUT2D eigenvalue weighted by Gasteiger charge is 2.25. The van der Waals surface area contributed by atoms with E-state index in [0.717, 1.165) is 29.1 Å². The van der Waals surface area contributed by atoms with Gasteiger partial charge in [0.25, 0.3) is 0 Å². The third kappa shape index (κ3) is 2.13. The standard InChI is InChI=1S/C16H16N2O2/c1-11-6-7-15(17-8-11)18-9-12-4-3-5-13(14(12)10-18)16(19)20-2/h3-8H,9-10H2,1-2H3. The topological polar surface area (TPSA) is 42.4 Å². The lowest BCUT2D eigenvalue weighted by Crippen LogP contribution is -2.16. The molecule has 0 aliphatic carbocycles. The van der Waals surface area contributed by atoms with Gasteiger partial charge in [0.15, 0.2) is 0 Å². The molecule has 20 heavy (non-hydrogen) atoms. The molecular weight excluding hydrogens is 252 g/mol. The number of methoxy groups -OCH3 is 1. The van der Waals surface area contributed by atoms with E-state index in [-0.39, 0.29) is 5.97 Å². The second-order valence-corrected chi connectivity index (χ2v) is 4.98. The van der Waals surface area contributed by atoms with Crippen LogP contribution in [0.15, 0.2) is 36.5 Å². The first kappa shape index (κ1) is 12.7. The maximum atomic E-state index is 11.8. The first-order chi connectivity index (χ1) is 9.69. The van der Waals surface area contributed by atoms with E-state index in [2.05, 4.69) is 16.0 Å². The summed E-state index contributed by atoms with van der Waals surface area (Å²) in [7, 11) is 1.41. The van der Waals surface area contributed by atoms with Crippen LogP contribution in [-0.2, 0) is 17.8 Å². The van der Waals surface area contributed by atoms with Crippen molar-refractivity contribution in [3.8, 4) is 0 Å². The number of fused-ring (bicyclic) bond motifs is 1. The Hall–Kier alpha value is -2.36. The van der Waals surface area contributed by atoms with Crippen molar-refractivity contribution in [2.75, 3.05) is 12.0 Å². The van der Waals surface area contributed by atoms with Crippen LogP contribution in [-0.4, -0.2) is 18.1 Å². The molecule has 1 aliphatic heterocycles. The second kappa shape index (κ2) is 4.96. The fourth-order valence-electron chi connectivity index (χ4n) is 2.53. The van der Waals surface area contributed by atoms with Gasteiger partial charge in [-0.1, -0.05) is 18.2 Å². The van der Waals surface area contributed by atoms with Gasteiger partial charge in [0.2, 0.25) is 0 Å². The van der Waals surface area contributed by atoms with Crippen molar-refractivity contribution < 1.29 is 9.53 Å². The van der Waals surface area contributed by atoms with Gasteiger partial charge in [-0.05, 0) is 35.7 Å².